The molecule has 2 N–H and O–H groups in total. The van der Waals surface area contributed by atoms with Crippen molar-refractivity contribution in [3.8, 4) is 5.75 Å². The van der Waals surface area contributed by atoms with Gasteiger partial charge < -0.3 is 10.5 Å². The Morgan fingerprint density at radius 3 is 2.71 bits per heavy atom. The summed E-state index contributed by atoms with van der Waals surface area (Å²) in [6, 6.07) is 3.48. The monoisotopic (exact) mass is 213 g/mol. The van der Waals surface area contributed by atoms with Crippen LogP contribution in [0.2, 0.25) is 5.02 Å². The summed E-state index contributed by atoms with van der Waals surface area (Å²) in [6.07, 6.45) is 0.143. The van der Waals surface area contributed by atoms with Crippen LogP contribution in [-0.2, 0) is 11.2 Å². The highest BCUT2D eigenvalue weighted by molar-refractivity contribution is 6.30. The van der Waals surface area contributed by atoms with E-state index in [0.717, 1.165) is 11.1 Å². The molecule has 3 nitrogen and oxygen atoms in total. The SMILES string of the molecule is COc1c(C)cc(Cl)cc1CC(N)=O. The van der Waals surface area contributed by atoms with Crippen molar-refractivity contribution in [3.63, 3.8) is 0 Å². The molecule has 14 heavy (non-hydrogen) atoms. The van der Waals surface area contributed by atoms with Gasteiger partial charge in [-0.15, -0.1) is 0 Å². The van der Waals surface area contributed by atoms with Gasteiger partial charge in [-0.2, -0.15) is 0 Å². The molecule has 0 aromatic heterocycles. The normalized spacial score (nSPS) is 9.93. The second kappa shape index (κ2) is 4.33. The Labute approximate surface area is 87.8 Å². The summed E-state index contributed by atoms with van der Waals surface area (Å²) in [5.41, 5.74) is 6.74. The number of primary amides is 1. The maximum Gasteiger partial charge on any atom is 0.221 e. The Morgan fingerprint density at radius 1 is 1.57 bits per heavy atom. The molecule has 0 fully saturated rings. The molecule has 0 heterocycles. The van der Waals surface area contributed by atoms with E-state index in [2.05, 4.69) is 0 Å². The number of methoxy groups -OCH3 is 1. The lowest BCUT2D eigenvalue weighted by atomic mass is 10.1. The minimum Gasteiger partial charge on any atom is -0.496 e. The molecule has 0 saturated carbocycles. The number of hydrogen-bond acceptors (Lipinski definition) is 2. The first-order chi connectivity index (χ1) is 6.54. The Bertz CT molecular complexity index is 363. The van der Waals surface area contributed by atoms with Crippen LogP contribution in [0.15, 0.2) is 12.1 Å². The zero-order valence-corrected chi connectivity index (χ0v) is 8.89. The zero-order chi connectivity index (χ0) is 10.7. The predicted octanol–water partition coefficient (Wildman–Crippen LogP) is 1.68. The van der Waals surface area contributed by atoms with Crippen molar-refractivity contribution in [1.29, 1.82) is 0 Å². The third-order valence-electron chi connectivity index (χ3n) is 1.89. The number of carbonyl (C=O) groups is 1. The topological polar surface area (TPSA) is 52.3 Å². The third kappa shape index (κ3) is 2.39. The number of hydrogen-bond donors (Lipinski definition) is 1. The van der Waals surface area contributed by atoms with Crippen LogP contribution in [0.25, 0.3) is 0 Å². The van der Waals surface area contributed by atoms with E-state index in [9.17, 15) is 4.79 Å². The van der Waals surface area contributed by atoms with Gasteiger partial charge in [-0.25, -0.2) is 0 Å². The molecule has 0 bridgehead atoms. The Balaban J connectivity index is 3.17. The number of aryl methyl sites for hydroxylation is 1. The maximum absolute atomic E-state index is 10.8. The highest BCUT2D eigenvalue weighted by Gasteiger charge is 2.10. The van der Waals surface area contributed by atoms with Crippen molar-refractivity contribution < 1.29 is 9.53 Å². The molecule has 1 amide bonds. The first-order valence-corrected chi connectivity index (χ1v) is 4.53. The average Bonchev–Trinajstić information content (AvgIpc) is 2.01. The molecule has 0 aliphatic carbocycles. The van der Waals surface area contributed by atoms with Crippen molar-refractivity contribution >= 4 is 17.5 Å². The average molecular weight is 214 g/mol. The molecule has 76 valence electrons. The summed E-state index contributed by atoms with van der Waals surface area (Å²) in [6.45, 7) is 1.87. The lowest BCUT2D eigenvalue weighted by Gasteiger charge is -2.10. The van der Waals surface area contributed by atoms with Crippen molar-refractivity contribution in [3.05, 3.63) is 28.3 Å². The van der Waals surface area contributed by atoms with Gasteiger partial charge in [-0.1, -0.05) is 11.6 Å². The molecule has 0 unspecified atom stereocenters. The first-order valence-electron chi connectivity index (χ1n) is 4.16. The highest BCUT2D eigenvalue weighted by atomic mass is 35.5. The Morgan fingerprint density at radius 2 is 2.21 bits per heavy atom. The maximum atomic E-state index is 10.8. The fourth-order valence-corrected chi connectivity index (χ4v) is 1.71. The minimum atomic E-state index is -0.398. The third-order valence-corrected chi connectivity index (χ3v) is 2.10. The van der Waals surface area contributed by atoms with Crippen molar-refractivity contribution in [2.24, 2.45) is 5.73 Å². The summed E-state index contributed by atoms with van der Waals surface area (Å²) in [7, 11) is 1.56. The molecular formula is C10H12ClNO2. The summed E-state index contributed by atoms with van der Waals surface area (Å²) in [5, 5.41) is 0.583. The van der Waals surface area contributed by atoms with Crippen LogP contribution in [0.3, 0.4) is 0 Å². The molecule has 0 atom stereocenters. The van der Waals surface area contributed by atoms with Gasteiger partial charge in [0.15, 0.2) is 0 Å². The molecule has 0 spiro atoms. The van der Waals surface area contributed by atoms with Gasteiger partial charge in [0.1, 0.15) is 5.75 Å². The molecule has 0 aliphatic rings. The number of benzene rings is 1. The Kier molecular flexibility index (Phi) is 3.36. The van der Waals surface area contributed by atoms with Crippen LogP contribution in [-0.4, -0.2) is 13.0 Å². The standard InChI is InChI=1S/C10H12ClNO2/c1-6-3-8(11)4-7(5-9(12)13)10(6)14-2/h3-4H,5H2,1-2H3,(H2,12,13). The number of nitrogens with two attached hydrogens (primary N) is 1. The lowest BCUT2D eigenvalue weighted by molar-refractivity contribution is -0.117. The van der Waals surface area contributed by atoms with Crippen LogP contribution < -0.4 is 10.5 Å². The predicted molar refractivity (Wildman–Crippen MR) is 55.6 cm³/mol. The van der Waals surface area contributed by atoms with E-state index < -0.39 is 5.91 Å². The number of amides is 1. The zero-order valence-electron chi connectivity index (χ0n) is 8.13. The van der Waals surface area contributed by atoms with E-state index in [1.807, 2.05) is 6.92 Å². The van der Waals surface area contributed by atoms with E-state index in [4.69, 9.17) is 22.1 Å². The summed E-state index contributed by atoms with van der Waals surface area (Å²) in [4.78, 5) is 10.8. The van der Waals surface area contributed by atoms with E-state index in [0.29, 0.717) is 10.8 Å². The van der Waals surface area contributed by atoms with Crippen LogP contribution in [0.5, 0.6) is 5.75 Å². The second-order valence-corrected chi connectivity index (χ2v) is 3.49. The number of rotatable bonds is 3. The van der Waals surface area contributed by atoms with E-state index >= 15 is 0 Å². The molecule has 0 aliphatic heterocycles. The smallest absolute Gasteiger partial charge is 0.221 e. The van der Waals surface area contributed by atoms with Gasteiger partial charge in [0.05, 0.1) is 13.5 Å². The summed E-state index contributed by atoms with van der Waals surface area (Å²) < 4.78 is 5.17. The van der Waals surface area contributed by atoms with Gasteiger partial charge in [0.2, 0.25) is 5.91 Å². The molecular weight excluding hydrogens is 202 g/mol. The van der Waals surface area contributed by atoms with Crippen LogP contribution in [0, 0.1) is 6.92 Å². The van der Waals surface area contributed by atoms with Gasteiger partial charge in [0, 0.05) is 10.6 Å². The molecule has 1 rings (SSSR count). The summed E-state index contributed by atoms with van der Waals surface area (Å²) in [5.74, 6) is 0.276. The molecule has 0 radical (unpaired) electrons. The van der Waals surface area contributed by atoms with Gasteiger partial charge in [-0.05, 0) is 24.6 Å². The first kappa shape index (κ1) is 10.9. The molecule has 1 aromatic rings. The minimum absolute atomic E-state index is 0.143. The van der Waals surface area contributed by atoms with Gasteiger partial charge >= 0.3 is 0 Å². The van der Waals surface area contributed by atoms with Crippen molar-refractivity contribution in [2.75, 3.05) is 7.11 Å². The quantitative estimate of drug-likeness (QED) is 0.831. The fraction of sp³-hybridized carbons (Fsp3) is 0.300. The van der Waals surface area contributed by atoms with Crippen LogP contribution in [0.1, 0.15) is 11.1 Å². The van der Waals surface area contributed by atoms with E-state index in [1.54, 1.807) is 19.2 Å². The van der Waals surface area contributed by atoms with Gasteiger partial charge in [-0.3, -0.25) is 4.79 Å². The van der Waals surface area contributed by atoms with Crippen LogP contribution in [0.4, 0.5) is 0 Å². The Hall–Kier alpha value is -1.22. The van der Waals surface area contributed by atoms with Crippen molar-refractivity contribution in [1.82, 2.24) is 0 Å². The van der Waals surface area contributed by atoms with Gasteiger partial charge in [0.25, 0.3) is 0 Å². The molecule has 0 saturated heterocycles. The number of ether oxygens (including phenoxy) is 1. The van der Waals surface area contributed by atoms with E-state index in [-0.39, 0.29) is 6.42 Å². The molecule has 1 aromatic carbocycles. The fourth-order valence-electron chi connectivity index (χ4n) is 1.41. The second-order valence-electron chi connectivity index (χ2n) is 3.06. The highest BCUT2D eigenvalue weighted by Crippen LogP contribution is 2.27. The van der Waals surface area contributed by atoms with Crippen molar-refractivity contribution in [2.45, 2.75) is 13.3 Å². The largest absolute Gasteiger partial charge is 0.496 e. The summed E-state index contributed by atoms with van der Waals surface area (Å²) >= 11 is 5.85. The molecule has 4 heteroatoms. The van der Waals surface area contributed by atoms with E-state index in [1.165, 1.54) is 0 Å². The lowest BCUT2D eigenvalue weighted by Crippen LogP contribution is -2.14. The number of halogens is 1. The van der Waals surface area contributed by atoms with Crippen LogP contribution >= 0.6 is 11.6 Å². The number of carbonyl (C=O) groups excluding carboxylic acids is 1.